The number of nitrogens with one attached hydrogen (secondary N) is 2. The van der Waals surface area contributed by atoms with Crippen LogP contribution in [-0.4, -0.2) is 31.4 Å². The average Bonchev–Trinajstić information content (AvgIpc) is 3.17. The van der Waals surface area contributed by atoms with E-state index in [4.69, 9.17) is 0 Å². The first-order valence-electron chi connectivity index (χ1n) is 9.08. The summed E-state index contributed by atoms with van der Waals surface area (Å²) >= 11 is 0. The number of amides is 2. The van der Waals surface area contributed by atoms with Crippen molar-refractivity contribution >= 4 is 23.2 Å². The number of hydrogen-bond donors (Lipinski definition) is 2. The van der Waals surface area contributed by atoms with E-state index in [1.165, 1.54) is 18.5 Å². The molecule has 1 aliphatic rings. The lowest BCUT2D eigenvalue weighted by atomic mass is 10.1. The molecule has 0 saturated carbocycles. The molecule has 5 nitrogen and oxygen atoms in total. The van der Waals surface area contributed by atoms with Crippen molar-refractivity contribution in [2.75, 3.05) is 29.9 Å². The number of aryl methyl sites for hydroxylation is 1. The predicted octanol–water partition coefficient (Wildman–Crippen LogP) is 2.89. The standard InChI is InChI=1S/C21H25N3O2/c1-16-6-2-3-7-17(16)14-20(25)22-15-21(26)23-18-8-10-19(11-9-18)24-12-4-5-13-24/h2-3,6-11H,4-5,12-15H2,1H3,(H,22,25)(H,23,26). The Bertz CT molecular complexity index is 765. The minimum absolute atomic E-state index is 0.0292. The van der Waals surface area contributed by atoms with Gasteiger partial charge in [-0.15, -0.1) is 0 Å². The highest BCUT2D eigenvalue weighted by molar-refractivity contribution is 5.94. The minimum Gasteiger partial charge on any atom is -0.372 e. The summed E-state index contributed by atoms with van der Waals surface area (Å²) in [5, 5.41) is 5.49. The van der Waals surface area contributed by atoms with Crippen molar-refractivity contribution in [3.63, 3.8) is 0 Å². The molecule has 136 valence electrons. The van der Waals surface area contributed by atoms with Crippen LogP contribution in [0.3, 0.4) is 0 Å². The number of nitrogens with zero attached hydrogens (tertiary/aromatic N) is 1. The van der Waals surface area contributed by atoms with Crippen LogP contribution in [0.1, 0.15) is 24.0 Å². The van der Waals surface area contributed by atoms with Crippen LogP contribution in [-0.2, 0) is 16.0 Å². The Morgan fingerprint density at radius 3 is 2.35 bits per heavy atom. The van der Waals surface area contributed by atoms with Crippen molar-refractivity contribution < 1.29 is 9.59 Å². The molecule has 2 aromatic rings. The first-order valence-corrected chi connectivity index (χ1v) is 9.08. The molecule has 0 spiro atoms. The van der Waals surface area contributed by atoms with E-state index < -0.39 is 0 Å². The van der Waals surface area contributed by atoms with Crippen LogP contribution in [0, 0.1) is 6.92 Å². The quantitative estimate of drug-likeness (QED) is 0.841. The van der Waals surface area contributed by atoms with E-state index in [1.54, 1.807) is 0 Å². The van der Waals surface area contributed by atoms with Gasteiger partial charge in [0.25, 0.3) is 0 Å². The molecule has 1 heterocycles. The second-order valence-corrected chi connectivity index (χ2v) is 6.67. The summed E-state index contributed by atoms with van der Waals surface area (Å²) in [5.41, 5.74) is 3.98. The summed E-state index contributed by atoms with van der Waals surface area (Å²) in [6, 6.07) is 15.6. The molecular formula is C21H25N3O2. The Labute approximate surface area is 154 Å². The van der Waals surface area contributed by atoms with Gasteiger partial charge in [-0.1, -0.05) is 24.3 Å². The molecule has 1 fully saturated rings. The molecule has 26 heavy (non-hydrogen) atoms. The molecule has 0 radical (unpaired) electrons. The molecule has 2 N–H and O–H groups in total. The van der Waals surface area contributed by atoms with Gasteiger partial charge in [0.1, 0.15) is 0 Å². The van der Waals surface area contributed by atoms with Crippen LogP contribution in [0.25, 0.3) is 0 Å². The molecule has 2 amide bonds. The Kier molecular flexibility index (Phi) is 5.89. The van der Waals surface area contributed by atoms with Crippen molar-refractivity contribution in [3.8, 4) is 0 Å². The van der Waals surface area contributed by atoms with Crippen LogP contribution < -0.4 is 15.5 Å². The largest absolute Gasteiger partial charge is 0.372 e. The van der Waals surface area contributed by atoms with Crippen LogP contribution >= 0.6 is 0 Å². The van der Waals surface area contributed by atoms with E-state index in [0.29, 0.717) is 0 Å². The molecule has 0 atom stereocenters. The second-order valence-electron chi connectivity index (χ2n) is 6.67. The lowest BCUT2D eigenvalue weighted by Gasteiger charge is -2.17. The van der Waals surface area contributed by atoms with Gasteiger partial charge in [-0.25, -0.2) is 0 Å². The van der Waals surface area contributed by atoms with E-state index in [1.807, 2.05) is 55.5 Å². The maximum absolute atomic E-state index is 12.0. The molecule has 2 aromatic carbocycles. The summed E-state index contributed by atoms with van der Waals surface area (Å²) in [7, 11) is 0. The molecule has 1 aliphatic heterocycles. The van der Waals surface area contributed by atoms with E-state index in [9.17, 15) is 9.59 Å². The van der Waals surface area contributed by atoms with Gasteiger partial charge in [-0.05, 0) is 55.2 Å². The summed E-state index contributed by atoms with van der Waals surface area (Å²) in [5.74, 6) is -0.379. The lowest BCUT2D eigenvalue weighted by molar-refractivity contribution is -0.123. The van der Waals surface area contributed by atoms with Gasteiger partial charge >= 0.3 is 0 Å². The van der Waals surface area contributed by atoms with Gasteiger partial charge in [0.2, 0.25) is 11.8 Å². The zero-order chi connectivity index (χ0) is 18.4. The Balaban J connectivity index is 1.45. The molecule has 1 saturated heterocycles. The molecular weight excluding hydrogens is 326 g/mol. The Morgan fingerprint density at radius 2 is 1.65 bits per heavy atom. The third-order valence-electron chi connectivity index (χ3n) is 4.68. The number of anilines is 2. The van der Waals surface area contributed by atoms with Gasteiger partial charge in [-0.3, -0.25) is 9.59 Å². The summed E-state index contributed by atoms with van der Waals surface area (Å²) in [6.45, 7) is 4.14. The van der Waals surface area contributed by atoms with Crippen LogP contribution in [0.2, 0.25) is 0 Å². The summed E-state index contributed by atoms with van der Waals surface area (Å²) < 4.78 is 0. The first kappa shape index (κ1) is 18.0. The van der Waals surface area contributed by atoms with Crippen molar-refractivity contribution in [2.45, 2.75) is 26.2 Å². The van der Waals surface area contributed by atoms with Gasteiger partial charge in [-0.2, -0.15) is 0 Å². The normalized spacial score (nSPS) is 13.5. The van der Waals surface area contributed by atoms with E-state index in [2.05, 4.69) is 15.5 Å². The average molecular weight is 351 g/mol. The Hall–Kier alpha value is -2.82. The summed E-state index contributed by atoms with van der Waals surface area (Å²) in [6.07, 6.45) is 2.76. The highest BCUT2D eigenvalue weighted by atomic mass is 16.2. The van der Waals surface area contributed by atoms with Crippen LogP contribution in [0.5, 0.6) is 0 Å². The third-order valence-corrected chi connectivity index (χ3v) is 4.68. The fraction of sp³-hybridized carbons (Fsp3) is 0.333. The molecule has 0 aliphatic carbocycles. The third kappa shape index (κ3) is 4.85. The fourth-order valence-corrected chi connectivity index (χ4v) is 3.16. The zero-order valence-corrected chi connectivity index (χ0v) is 15.1. The monoisotopic (exact) mass is 351 g/mol. The number of carbonyl (C=O) groups is 2. The summed E-state index contributed by atoms with van der Waals surface area (Å²) in [4.78, 5) is 26.4. The maximum Gasteiger partial charge on any atom is 0.243 e. The first-order chi connectivity index (χ1) is 12.6. The van der Waals surface area contributed by atoms with E-state index >= 15 is 0 Å². The van der Waals surface area contributed by atoms with Crippen molar-refractivity contribution in [3.05, 3.63) is 59.7 Å². The van der Waals surface area contributed by atoms with E-state index in [0.717, 1.165) is 29.9 Å². The maximum atomic E-state index is 12.0. The molecule has 0 aromatic heterocycles. The van der Waals surface area contributed by atoms with Crippen LogP contribution in [0.4, 0.5) is 11.4 Å². The smallest absolute Gasteiger partial charge is 0.243 e. The number of hydrogen-bond acceptors (Lipinski definition) is 3. The number of carbonyl (C=O) groups excluding carboxylic acids is 2. The highest BCUT2D eigenvalue weighted by Gasteiger charge is 2.12. The molecule has 5 heteroatoms. The van der Waals surface area contributed by atoms with Crippen LogP contribution in [0.15, 0.2) is 48.5 Å². The molecule has 3 rings (SSSR count). The van der Waals surface area contributed by atoms with Crippen molar-refractivity contribution in [2.24, 2.45) is 0 Å². The van der Waals surface area contributed by atoms with Gasteiger partial charge in [0.15, 0.2) is 0 Å². The van der Waals surface area contributed by atoms with Crippen molar-refractivity contribution in [1.82, 2.24) is 5.32 Å². The SMILES string of the molecule is Cc1ccccc1CC(=O)NCC(=O)Nc1ccc(N2CCCC2)cc1. The minimum atomic E-state index is -0.225. The number of rotatable bonds is 6. The van der Waals surface area contributed by atoms with Gasteiger partial charge in [0.05, 0.1) is 13.0 Å². The Morgan fingerprint density at radius 1 is 0.962 bits per heavy atom. The topological polar surface area (TPSA) is 61.4 Å². The van der Waals surface area contributed by atoms with Crippen molar-refractivity contribution in [1.29, 1.82) is 0 Å². The second kappa shape index (κ2) is 8.52. The number of benzene rings is 2. The highest BCUT2D eigenvalue weighted by Crippen LogP contribution is 2.21. The van der Waals surface area contributed by atoms with Gasteiger partial charge < -0.3 is 15.5 Å². The fourth-order valence-electron chi connectivity index (χ4n) is 3.16. The molecule has 0 unspecified atom stereocenters. The predicted molar refractivity (Wildman–Crippen MR) is 104 cm³/mol. The molecule has 0 bridgehead atoms. The van der Waals surface area contributed by atoms with E-state index in [-0.39, 0.29) is 24.8 Å². The zero-order valence-electron chi connectivity index (χ0n) is 15.1. The lowest BCUT2D eigenvalue weighted by Crippen LogP contribution is -2.33. The van der Waals surface area contributed by atoms with Gasteiger partial charge in [0, 0.05) is 24.5 Å².